The molecule has 110 valence electrons. The predicted octanol–water partition coefficient (Wildman–Crippen LogP) is 2.86. The van der Waals surface area contributed by atoms with Crippen LogP contribution in [0.2, 0.25) is 0 Å². The van der Waals surface area contributed by atoms with Crippen LogP contribution in [0.25, 0.3) is 0 Å². The second-order valence-corrected chi connectivity index (χ2v) is 4.17. The lowest BCUT2D eigenvalue weighted by Gasteiger charge is -2.01. The number of nitrogens with zero attached hydrogens (tertiary/aromatic N) is 2. The van der Waals surface area contributed by atoms with Crippen molar-refractivity contribution in [2.75, 3.05) is 0 Å². The average molecular weight is 309 g/mol. The minimum atomic E-state index is -1.83. The van der Waals surface area contributed by atoms with E-state index in [4.69, 9.17) is 27.2 Å². The standard InChI is InChI=1S/C11H9N3O2S.CH2O3/c15-14(16)10-3-1-8(2-4-10)7-9-5-6-12-11(17)13-9;2-1(3)4/h1-6H,7H2,(H,12,13,17);(H2,2,3,4). The Balaban J connectivity index is 0.000000491. The molecule has 0 spiro atoms. The number of nitro groups is 1. The number of carboxylic acid groups (broad SMARTS) is 2. The molecule has 0 saturated heterocycles. The number of nitro benzene ring substituents is 1. The van der Waals surface area contributed by atoms with Crippen molar-refractivity contribution < 1.29 is 19.9 Å². The molecule has 0 fully saturated rings. The first-order valence-corrected chi connectivity index (χ1v) is 5.98. The maximum Gasteiger partial charge on any atom is 0.503 e. The lowest BCUT2D eigenvalue weighted by Crippen LogP contribution is -1.94. The van der Waals surface area contributed by atoms with Gasteiger partial charge in [0.05, 0.1) is 4.92 Å². The highest BCUT2D eigenvalue weighted by Gasteiger charge is 2.04. The van der Waals surface area contributed by atoms with E-state index in [-0.39, 0.29) is 5.69 Å². The zero-order valence-electron chi connectivity index (χ0n) is 10.6. The van der Waals surface area contributed by atoms with Crippen LogP contribution in [-0.4, -0.2) is 31.3 Å². The molecular weight excluding hydrogens is 298 g/mol. The Kier molecular flexibility index (Phi) is 5.96. The Bertz CT molecular complexity index is 680. The van der Waals surface area contributed by atoms with Crippen LogP contribution in [0.15, 0.2) is 36.5 Å². The van der Waals surface area contributed by atoms with Gasteiger partial charge in [-0.1, -0.05) is 12.1 Å². The van der Waals surface area contributed by atoms with Crippen LogP contribution < -0.4 is 0 Å². The van der Waals surface area contributed by atoms with E-state index in [1.165, 1.54) is 12.1 Å². The Morgan fingerprint density at radius 2 is 1.86 bits per heavy atom. The molecule has 8 nitrogen and oxygen atoms in total. The quantitative estimate of drug-likeness (QED) is 0.451. The van der Waals surface area contributed by atoms with Gasteiger partial charge in [-0.05, 0) is 23.8 Å². The third-order valence-corrected chi connectivity index (χ3v) is 2.48. The lowest BCUT2D eigenvalue weighted by atomic mass is 10.1. The molecule has 1 aromatic heterocycles. The second kappa shape index (κ2) is 7.70. The third kappa shape index (κ3) is 6.25. The topological polar surface area (TPSA) is 129 Å². The maximum absolute atomic E-state index is 10.5. The number of hydrogen-bond donors (Lipinski definition) is 3. The number of benzene rings is 1. The zero-order valence-corrected chi connectivity index (χ0v) is 11.4. The first-order valence-electron chi connectivity index (χ1n) is 5.58. The molecule has 1 aromatic carbocycles. The molecule has 2 rings (SSSR count). The van der Waals surface area contributed by atoms with Crippen LogP contribution in [0.3, 0.4) is 0 Å². The number of hydrogen-bond acceptors (Lipinski definition) is 5. The summed E-state index contributed by atoms with van der Waals surface area (Å²) in [6.07, 6.45) is 0.448. The van der Waals surface area contributed by atoms with E-state index in [0.717, 1.165) is 11.3 Å². The maximum atomic E-state index is 10.5. The van der Waals surface area contributed by atoms with Crippen LogP contribution in [0.4, 0.5) is 10.5 Å². The predicted molar refractivity (Wildman–Crippen MR) is 76.0 cm³/mol. The van der Waals surface area contributed by atoms with Gasteiger partial charge in [0.25, 0.3) is 5.69 Å². The summed E-state index contributed by atoms with van der Waals surface area (Å²) in [6.45, 7) is 0. The molecular formula is C12H11N3O5S. The van der Waals surface area contributed by atoms with Crippen LogP contribution >= 0.6 is 12.2 Å². The van der Waals surface area contributed by atoms with E-state index in [1.807, 2.05) is 6.07 Å². The highest BCUT2D eigenvalue weighted by molar-refractivity contribution is 7.71. The van der Waals surface area contributed by atoms with Gasteiger partial charge in [0.2, 0.25) is 0 Å². The Hall–Kier alpha value is -2.81. The molecule has 0 saturated carbocycles. The van der Waals surface area contributed by atoms with Crippen molar-refractivity contribution in [3.63, 3.8) is 0 Å². The van der Waals surface area contributed by atoms with E-state index in [2.05, 4.69) is 9.97 Å². The minimum Gasteiger partial charge on any atom is -0.450 e. The molecule has 3 N–H and O–H groups in total. The fraction of sp³-hybridized carbons (Fsp3) is 0.0833. The Labute approximate surface area is 123 Å². The molecule has 0 amide bonds. The number of rotatable bonds is 3. The number of aromatic amines is 1. The van der Waals surface area contributed by atoms with Crippen LogP contribution in [0, 0.1) is 14.9 Å². The normalized spacial score (nSPS) is 9.33. The largest absolute Gasteiger partial charge is 0.503 e. The zero-order chi connectivity index (χ0) is 15.8. The van der Waals surface area contributed by atoms with E-state index in [0.29, 0.717) is 11.2 Å². The number of aromatic nitrogens is 2. The molecule has 0 atom stereocenters. The number of non-ortho nitro benzene ring substituents is 1. The molecule has 0 aliphatic carbocycles. The van der Waals surface area contributed by atoms with Crippen molar-refractivity contribution in [2.45, 2.75) is 6.42 Å². The third-order valence-electron chi connectivity index (χ3n) is 2.28. The molecule has 0 unspecified atom stereocenters. The van der Waals surface area contributed by atoms with Crippen molar-refractivity contribution in [2.24, 2.45) is 0 Å². The number of carbonyl (C=O) groups is 1. The van der Waals surface area contributed by atoms with Crippen molar-refractivity contribution >= 4 is 24.1 Å². The van der Waals surface area contributed by atoms with E-state index >= 15 is 0 Å². The monoisotopic (exact) mass is 309 g/mol. The molecule has 21 heavy (non-hydrogen) atoms. The van der Waals surface area contributed by atoms with Gasteiger partial charge in [-0.15, -0.1) is 0 Å². The molecule has 0 bridgehead atoms. The summed E-state index contributed by atoms with van der Waals surface area (Å²) in [7, 11) is 0. The fourth-order valence-electron chi connectivity index (χ4n) is 1.46. The Morgan fingerprint density at radius 3 is 2.33 bits per heavy atom. The van der Waals surface area contributed by atoms with Crippen LogP contribution in [0.1, 0.15) is 11.3 Å². The summed E-state index contributed by atoms with van der Waals surface area (Å²) in [5, 5.41) is 24.4. The Morgan fingerprint density at radius 1 is 1.29 bits per heavy atom. The smallest absolute Gasteiger partial charge is 0.450 e. The molecule has 2 aromatic rings. The molecule has 9 heteroatoms. The van der Waals surface area contributed by atoms with E-state index in [1.54, 1.807) is 18.3 Å². The summed E-state index contributed by atoms with van der Waals surface area (Å²) < 4.78 is 0.435. The van der Waals surface area contributed by atoms with Gasteiger partial charge in [0.1, 0.15) is 0 Å². The van der Waals surface area contributed by atoms with Gasteiger partial charge in [-0.25, -0.2) is 9.78 Å². The highest BCUT2D eigenvalue weighted by atomic mass is 32.1. The van der Waals surface area contributed by atoms with Gasteiger partial charge in [-0.3, -0.25) is 10.1 Å². The van der Waals surface area contributed by atoms with E-state index in [9.17, 15) is 10.1 Å². The summed E-state index contributed by atoms with van der Waals surface area (Å²) in [5.74, 6) is 0. The van der Waals surface area contributed by atoms with Crippen LogP contribution in [-0.2, 0) is 6.42 Å². The van der Waals surface area contributed by atoms with Crippen molar-refractivity contribution in [1.82, 2.24) is 9.97 Å². The highest BCUT2D eigenvalue weighted by Crippen LogP contribution is 2.13. The van der Waals surface area contributed by atoms with E-state index < -0.39 is 11.1 Å². The SMILES string of the molecule is O=C(O)O.O=[N+]([O-])c1ccc(Cc2ccnc(=S)[nH]2)cc1. The summed E-state index contributed by atoms with van der Waals surface area (Å²) in [6, 6.07) is 8.28. The molecule has 0 aliphatic rings. The minimum absolute atomic E-state index is 0.0939. The van der Waals surface area contributed by atoms with Gasteiger partial charge in [-0.2, -0.15) is 0 Å². The molecule has 0 aliphatic heterocycles. The number of nitrogens with one attached hydrogen (secondary N) is 1. The summed E-state index contributed by atoms with van der Waals surface area (Å²) in [5.41, 5.74) is 2.00. The average Bonchev–Trinajstić information content (AvgIpc) is 2.38. The molecule has 1 heterocycles. The van der Waals surface area contributed by atoms with Crippen molar-refractivity contribution in [3.05, 3.63) is 62.7 Å². The number of H-pyrrole nitrogens is 1. The first kappa shape index (κ1) is 16.2. The first-order chi connectivity index (χ1) is 9.88. The summed E-state index contributed by atoms with van der Waals surface area (Å²) in [4.78, 5) is 25.5. The van der Waals surface area contributed by atoms with Crippen molar-refractivity contribution in [3.8, 4) is 0 Å². The second-order valence-electron chi connectivity index (χ2n) is 3.78. The van der Waals surface area contributed by atoms with Gasteiger partial charge in [0.15, 0.2) is 4.77 Å². The fourth-order valence-corrected chi connectivity index (χ4v) is 1.66. The molecule has 0 radical (unpaired) electrons. The van der Waals surface area contributed by atoms with Crippen molar-refractivity contribution in [1.29, 1.82) is 0 Å². The van der Waals surface area contributed by atoms with Gasteiger partial charge >= 0.3 is 6.16 Å². The van der Waals surface area contributed by atoms with Crippen LogP contribution in [0.5, 0.6) is 0 Å². The lowest BCUT2D eigenvalue weighted by molar-refractivity contribution is -0.384. The summed E-state index contributed by atoms with van der Waals surface area (Å²) >= 11 is 4.91. The van der Waals surface area contributed by atoms with Gasteiger partial charge in [0, 0.05) is 30.4 Å². The van der Waals surface area contributed by atoms with Gasteiger partial charge < -0.3 is 15.2 Å².